The Morgan fingerprint density at radius 2 is 2.05 bits per heavy atom. The van der Waals surface area contributed by atoms with Crippen LogP contribution in [0.1, 0.15) is 25.8 Å². The van der Waals surface area contributed by atoms with E-state index in [0.717, 1.165) is 12.6 Å². The molecule has 0 saturated heterocycles. The van der Waals surface area contributed by atoms with Crippen LogP contribution in [0.4, 0.5) is 18.9 Å². The molecule has 0 radical (unpaired) electrons. The number of nitrogens with one attached hydrogen (secondary N) is 2. The SMILES string of the molecule is CCNC(C)CC(=O)Nc1ccc(Br)c(C(F)(F)F)c1. The molecule has 0 bridgehead atoms. The lowest BCUT2D eigenvalue weighted by Gasteiger charge is -2.14. The van der Waals surface area contributed by atoms with Crippen molar-refractivity contribution >= 4 is 27.5 Å². The van der Waals surface area contributed by atoms with Gasteiger partial charge in [-0.1, -0.05) is 22.9 Å². The molecule has 0 spiro atoms. The van der Waals surface area contributed by atoms with Crippen molar-refractivity contribution in [3.8, 4) is 0 Å². The third-order valence-corrected chi connectivity index (χ3v) is 3.29. The average Bonchev–Trinajstić information content (AvgIpc) is 2.30. The van der Waals surface area contributed by atoms with Crippen LogP contribution in [0.2, 0.25) is 0 Å². The van der Waals surface area contributed by atoms with E-state index in [1.165, 1.54) is 12.1 Å². The fourth-order valence-corrected chi connectivity index (χ4v) is 2.20. The normalized spacial score (nSPS) is 13.1. The standard InChI is InChI=1S/C13H16BrF3N2O/c1-3-18-8(2)6-12(20)19-9-4-5-11(14)10(7-9)13(15,16)17/h4-5,7-8,18H,3,6H2,1-2H3,(H,19,20). The van der Waals surface area contributed by atoms with Crippen LogP contribution in [-0.2, 0) is 11.0 Å². The summed E-state index contributed by atoms with van der Waals surface area (Å²) in [6.45, 7) is 4.48. The Bertz CT molecular complexity index is 477. The monoisotopic (exact) mass is 352 g/mol. The van der Waals surface area contributed by atoms with Gasteiger partial charge in [0, 0.05) is 22.6 Å². The van der Waals surface area contributed by atoms with E-state index >= 15 is 0 Å². The first-order valence-electron chi connectivity index (χ1n) is 6.14. The van der Waals surface area contributed by atoms with Crippen LogP contribution < -0.4 is 10.6 Å². The number of benzene rings is 1. The Morgan fingerprint density at radius 1 is 1.40 bits per heavy atom. The highest BCUT2D eigenvalue weighted by Crippen LogP contribution is 2.36. The van der Waals surface area contributed by atoms with Gasteiger partial charge in [0.2, 0.25) is 5.91 Å². The van der Waals surface area contributed by atoms with Gasteiger partial charge in [-0.2, -0.15) is 13.2 Å². The lowest BCUT2D eigenvalue weighted by Crippen LogP contribution is -2.30. The van der Waals surface area contributed by atoms with Crippen LogP contribution in [0.5, 0.6) is 0 Å². The molecule has 1 amide bonds. The number of halogens is 4. The molecule has 0 fully saturated rings. The number of carbonyl (C=O) groups excluding carboxylic acids is 1. The van der Waals surface area contributed by atoms with Crippen LogP contribution in [0.25, 0.3) is 0 Å². The van der Waals surface area contributed by atoms with Gasteiger partial charge in [0.05, 0.1) is 5.56 Å². The molecule has 20 heavy (non-hydrogen) atoms. The molecule has 112 valence electrons. The number of rotatable bonds is 5. The summed E-state index contributed by atoms with van der Waals surface area (Å²) in [5.74, 6) is -0.325. The van der Waals surface area contributed by atoms with E-state index in [9.17, 15) is 18.0 Å². The number of carbonyl (C=O) groups is 1. The fourth-order valence-electron chi connectivity index (χ4n) is 1.73. The van der Waals surface area contributed by atoms with E-state index in [1.807, 2.05) is 13.8 Å². The highest BCUT2D eigenvalue weighted by Gasteiger charge is 2.33. The van der Waals surface area contributed by atoms with Crippen molar-refractivity contribution in [2.24, 2.45) is 0 Å². The second kappa shape index (κ2) is 7.08. The summed E-state index contributed by atoms with van der Waals surface area (Å²) >= 11 is 2.85. The highest BCUT2D eigenvalue weighted by molar-refractivity contribution is 9.10. The van der Waals surface area contributed by atoms with Gasteiger partial charge in [0.25, 0.3) is 0 Å². The summed E-state index contributed by atoms with van der Waals surface area (Å²) < 4.78 is 38.1. The molecule has 7 heteroatoms. The Balaban J connectivity index is 2.76. The first-order valence-corrected chi connectivity index (χ1v) is 6.93. The van der Waals surface area contributed by atoms with Crippen molar-refractivity contribution in [2.45, 2.75) is 32.5 Å². The predicted octanol–water partition coefficient (Wildman–Crippen LogP) is 3.79. The number of hydrogen-bond donors (Lipinski definition) is 2. The zero-order valence-electron chi connectivity index (χ0n) is 11.1. The number of anilines is 1. The zero-order valence-corrected chi connectivity index (χ0v) is 12.7. The number of amides is 1. The van der Waals surface area contributed by atoms with Gasteiger partial charge in [-0.05, 0) is 31.7 Å². The van der Waals surface area contributed by atoms with Crippen LogP contribution in [0.3, 0.4) is 0 Å². The Morgan fingerprint density at radius 3 is 2.60 bits per heavy atom. The maximum Gasteiger partial charge on any atom is 0.417 e. The van der Waals surface area contributed by atoms with Crippen molar-refractivity contribution in [3.63, 3.8) is 0 Å². The van der Waals surface area contributed by atoms with Gasteiger partial charge < -0.3 is 10.6 Å². The molecular weight excluding hydrogens is 337 g/mol. The molecule has 0 aliphatic carbocycles. The number of hydrogen-bond acceptors (Lipinski definition) is 2. The largest absolute Gasteiger partial charge is 0.417 e. The van der Waals surface area contributed by atoms with E-state index in [1.54, 1.807) is 0 Å². The van der Waals surface area contributed by atoms with Crippen molar-refractivity contribution in [1.82, 2.24) is 5.32 Å². The minimum Gasteiger partial charge on any atom is -0.326 e. The lowest BCUT2D eigenvalue weighted by atomic mass is 10.1. The lowest BCUT2D eigenvalue weighted by molar-refractivity contribution is -0.138. The minimum absolute atomic E-state index is 0.0301. The van der Waals surface area contributed by atoms with Gasteiger partial charge in [-0.3, -0.25) is 4.79 Å². The Kier molecular flexibility index (Phi) is 6.01. The van der Waals surface area contributed by atoms with Gasteiger partial charge in [-0.15, -0.1) is 0 Å². The molecule has 1 aromatic rings. The van der Waals surface area contributed by atoms with Gasteiger partial charge >= 0.3 is 6.18 Å². The summed E-state index contributed by atoms with van der Waals surface area (Å²) in [6.07, 6.45) is -4.26. The second-order valence-corrected chi connectivity index (χ2v) is 5.26. The average molecular weight is 353 g/mol. The second-order valence-electron chi connectivity index (χ2n) is 4.40. The van der Waals surface area contributed by atoms with E-state index in [4.69, 9.17) is 0 Å². The van der Waals surface area contributed by atoms with Crippen LogP contribution in [0, 0.1) is 0 Å². The topological polar surface area (TPSA) is 41.1 Å². The highest BCUT2D eigenvalue weighted by atomic mass is 79.9. The third kappa shape index (κ3) is 5.13. The summed E-state index contributed by atoms with van der Waals surface area (Å²) in [7, 11) is 0. The predicted molar refractivity (Wildman–Crippen MR) is 75.5 cm³/mol. The minimum atomic E-state index is -4.46. The quantitative estimate of drug-likeness (QED) is 0.846. The molecule has 0 aliphatic heterocycles. The first-order chi connectivity index (χ1) is 9.24. The Hall–Kier alpha value is -1.08. The van der Waals surface area contributed by atoms with Gasteiger partial charge in [0.1, 0.15) is 0 Å². The molecular formula is C13H16BrF3N2O. The maximum atomic E-state index is 12.7. The molecule has 1 aromatic carbocycles. The van der Waals surface area contributed by atoms with Crippen molar-refractivity contribution in [2.75, 3.05) is 11.9 Å². The number of alkyl halides is 3. The summed E-state index contributed by atoms with van der Waals surface area (Å²) in [5, 5.41) is 5.53. The Labute approximate surface area is 124 Å². The first kappa shape index (κ1) is 17.0. The summed E-state index contributed by atoms with van der Waals surface area (Å²) in [6, 6.07) is 3.58. The zero-order chi connectivity index (χ0) is 15.3. The molecule has 0 saturated carbocycles. The van der Waals surface area contributed by atoms with Gasteiger partial charge in [-0.25, -0.2) is 0 Å². The molecule has 0 aliphatic rings. The van der Waals surface area contributed by atoms with Gasteiger partial charge in [0.15, 0.2) is 0 Å². The van der Waals surface area contributed by atoms with E-state index < -0.39 is 11.7 Å². The fraction of sp³-hybridized carbons (Fsp3) is 0.462. The van der Waals surface area contributed by atoms with Crippen molar-refractivity contribution in [3.05, 3.63) is 28.2 Å². The van der Waals surface area contributed by atoms with Crippen LogP contribution in [-0.4, -0.2) is 18.5 Å². The molecule has 1 unspecified atom stereocenters. The maximum absolute atomic E-state index is 12.7. The smallest absolute Gasteiger partial charge is 0.326 e. The molecule has 2 N–H and O–H groups in total. The van der Waals surface area contributed by atoms with E-state index in [2.05, 4.69) is 26.6 Å². The van der Waals surface area contributed by atoms with Crippen LogP contribution in [0.15, 0.2) is 22.7 Å². The van der Waals surface area contributed by atoms with E-state index in [-0.39, 0.29) is 28.5 Å². The summed E-state index contributed by atoms with van der Waals surface area (Å²) in [5.41, 5.74) is -0.677. The van der Waals surface area contributed by atoms with Crippen LogP contribution >= 0.6 is 15.9 Å². The van der Waals surface area contributed by atoms with Crippen molar-refractivity contribution in [1.29, 1.82) is 0 Å². The molecule has 0 aromatic heterocycles. The molecule has 1 rings (SSSR count). The molecule has 0 heterocycles. The van der Waals surface area contributed by atoms with E-state index in [0.29, 0.717) is 0 Å². The molecule has 3 nitrogen and oxygen atoms in total. The molecule has 1 atom stereocenters. The summed E-state index contributed by atoms with van der Waals surface area (Å²) in [4.78, 5) is 11.7. The van der Waals surface area contributed by atoms with Crippen molar-refractivity contribution < 1.29 is 18.0 Å². The third-order valence-electron chi connectivity index (χ3n) is 2.60.